The maximum absolute atomic E-state index is 12.7. The predicted octanol–water partition coefficient (Wildman–Crippen LogP) is -0.183. The number of nitrogens with zero attached hydrogens (tertiary/aromatic N) is 2. The Kier molecular flexibility index (Phi) is 6.43. The first-order valence-corrected chi connectivity index (χ1v) is 10.2. The van der Waals surface area contributed by atoms with E-state index in [4.69, 9.17) is 4.74 Å². The van der Waals surface area contributed by atoms with Crippen molar-refractivity contribution in [1.29, 1.82) is 0 Å². The number of anilines is 1. The van der Waals surface area contributed by atoms with Gasteiger partial charge in [-0.25, -0.2) is 0 Å². The number of amides is 1. The minimum absolute atomic E-state index is 0.151. The summed E-state index contributed by atoms with van der Waals surface area (Å²) in [6.07, 6.45) is 0. The fourth-order valence-electron chi connectivity index (χ4n) is 3.63. The molecule has 2 heterocycles. The van der Waals surface area contributed by atoms with Crippen LogP contribution in [0.5, 0.6) is 0 Å². The highest BCUT2D eigenvalue weighted by atomic mass is 32.2. The summed E-state index contributed by atoms with van der Waals surface area (Å²) < 4.78 is 4.82. The summed E-state index contributed by atoms with van der Waals surface area (Å²) >= 11 is 1.58. The second-order valence-corrected chi connectivity index (χ2v) is 8.23. The second kappa shape index (κ2) is 8.77. The van der Waals surface area contributed by atoms with E-state index in [0.29, 0.717) is 13.1 Å². The highest BCUT2D eigenvalue weighted by Crippen LogP contribution is 2.20. The summed E-state index contributed by atoms with van der Waals surface area (Å²) in [5.74, 6) is 0.715. The van der Waals surface area contributed by atoms with Gasteiger partial charge in [0.25, 0.3) is 5.91 Å². The summed E-state index contributed by atoms with van der Waals surface area (Å²) in [6, 6.07) is 8.46. The lowest BCUT2D eigenvalue weighted by Gasteiger charge is -2.36. The highest BCUT2D eigenvalue weighted by molar-refractivity contribution is 8.00. The molecule has 2 saturated heterocycles. The van der Waals surface area contributed by atoms with E-state index < -0.39 is 0 Å². The number of piperazine rings is 1. The van der Waals surface area contributed by atoms with Crippen LogP contribution in [0, 0.1) is 6.92 Å². The molecule has 142 valence electrons. The number of para-hydroxylation sites is 1. The standard InChI is InChI=1S/C19H27N3O3S/c1-15-5-3-4-6-16(15)21-9-7-20(8-10-21)14-18(23)22-11-12-26-17(13-22)19(24)25-2/h3-6,17H,7-14H2,1-2H3/p+1/t17-/m1/s1. The molecule has 6 nitrogen and oxygen atoms in total. The number of esters is 1. The van der Waals surface area contributed by atoms with Crippen LogP contribution in [0.1, 0.15) is 5.56 Å². The third-order valence-corrected chi connectivity index (χ3v) is 6.37. The van der Waals surface area contributed by atoms with Crippen LogP contribution in [0.3, 0.4) is 0 Å². The molecule has 2 aliphatic rings. The van der Waals surface area contributed by atoms with Crippen molar-refractivity contribution in [1.82, 2.24) is 4.90 Å². The number of rotatable bonds is 4. The molecule has 3 rings (SSSR count). The average Bonchev–Trinajstić information content (AvgIpc) is 2.68. The Balaban J connectivity index is 1.49. The van der Waals surface area contributed by atoms with E-state index >= 15 is 0 Å². The number of aryl methyl sites for hydroxylation is 1. The summed E-state index contributed by atoms with van der Waals surface area (Å²) in [6.45, 7) is 7.71. The Labute approximate surface area is 159 Å². The number of carbonyl (C=O) groups is 2. The van der Waals surface area contributed by atoms with Crippen LogP contribution in [0.25, 0.3) is 0 Å². The minimum atomic E-state index is -0.245. The van der Waals surface area contributed by atoms with Gasteiger partial charge in [-0.2, -0.15) is 0 Å². The van der Waals surface area contributed by atoms with Gasteiger partial charge in [0.2, 0.25) is 0 Å². The molecule has 0 saturated carbocycles. The number of quaternary nitrogens is 1. The van der Waals surface area contributed by atoms with E-state index in [1.165, 1.54) is 23.3 Å². The van der Waals surface area contributed by atoms with E-state index in [1.807, 2.05) is 4.90 Å². The number of benzene rings is 1. The first kappa shape index (κ1) is 19.0. The van der Waals surface area contributed by atoms with Crippen molar-refractivity contribution in [2.45, 2.75) is 12.2 Å². The topological polar surface area (TPSA) is 54.3 Å². The van der Waals surface area contributed by atoms with Crippen molar-refractivity contribution in [3.63, 3.8) is 0 Å². The van der Waals surface area contributed by atoms with Crippen LogP contribution in [0.4, 0.5) is 5.69 Å². The molecular weight excluding hydrogens is 350 g/mol. The van der Waals surface area contributed by atoms with E-state index in [2.05, 4.69) is 36.1 Å². The molecule has 0 unspecified atom stereocenters. The van der Waals surface area contributed by atoms with Gasteiger partial charge in [-0.15, -0.1) is 11.8 Å². The molecule has 0 spiro atoms. The number of hydrogen-bond acceptors (Lipinski definition) is 5. The quantitative estimate of drug-likeness (QED) is 0.737. The van der Waals surface area contributed by atoms with Crippen molar-refractivity contribution in [3.8, 4) is 0 Å². The van der Waals surface area contributed by atoms with Gasteiger partial charge in [0.05, 0.1) is 33.3 Å². The molecule has 1 aromatic carbocycles. The van der Waals surface area contributed by atoms with E-state index in [1.54, 1.807) is 11.8 Å². The SMILES string of the molecule is COC(=O)[C@H]1CN(C(=O)C[NH+]2CCN(c3ccccc3C)CC2)CCS1. The number of thioether (sulfide) groups is 1. The Bertz CT molecular complexity index is 647. The van der Waals surface area contributed by atoms with Gasteiger partial charge in [-0.3, -0.25) is 9.59 Å². The Morgan fingerprint density at radius 3 is 2.65 bits per heavy atom. The van der Waals surface area contributed by atoms with Gasteiger partial charge >= 0.3 is 5.97 Å². The molecule has 26 heavy (non-hydrogen) atoms. The number of methoxy groups -OCH3 is 1. The summed E-state index contributed by atoms with van der Waals surface area (Å²) in [5.41, 5.74) is 2.60. The average molecular weight is 379 g/mol. The fraction of sp³-hybridized carbons (Fsp3) is 0.579. The fourth-order valence-corrected chi connectivity index (χ4v) is 4.76. The number of nitrogens with one attached hydrogen (secondary N) is 1. The van der Waals surface area contributed by atoms with Crippen molar-refractivity contribution in [3.05, 3.63) is 29.8 Å². The van der Waals surface area contributed by atoms with Gasteiger partial charge in [-0.05, 0) is 18.6 Å². The molecule has 1 amide bonds. The second-order valence-electron chi connectivity index (χ2n) is 6.92. The number of hydrogen-bond donors (Lipinski definition) is 1. The summed E-state index contributed by atoms with van der Waals surface area (Å²) in [7, 11) is 1.40. The molecule has 0 aliphatic carbocycles. The van der Waals surface area contributed by atoms with Crippen LogP contribution < -0.4 is 9.80 Å². The summed E-state index contributed by atoms with van der Waals surface area (Å²) in [4.78, 5) is 30.0. The maximum atomic E-state index is 12.7. The molecule has 0 bridgehead atoms. The lowest BCUT2D eigenvalue weighted by atomic mass is 10.1. The molecule has 0 aromatic heterocycles. The smallest absolute Gasteiger partial charge is 0.320 e. The third kappa shape index (κ3) is 4.51. The lowest BCUT2D eigenvalue weighted by molar-refractivity contribution is -0.892. The zero-order chi connectivity index (χ0) is 18.5. The van der Waals surface area contributed by atoms with Crippen molar-refractivity contribution >= 4 is 29.3 Å². The third-order valence-electron chi connectivity index (χ3n) is 5.21. The van der Waals surface area contributed by atoms with E-state index in [0.717, 1.165) is 38.5 Å². The molecule has 1 N–H and O–H groups in total. The predicted molar refractivity (Wildman–Crippen MR) is 104 cm³/mol. The van der Waals surface area contributed by atoms with Crippen LogP contribution in [-0.2, 0) is 14.3 Å². The van der Waals surface area contributed by atoms with Crippen molar-refractivity contribution in [2.24, 2.45) is 0 Å². The normalized spacial score (nSPS) is 21.5. The molecule has 2 fully saturated rings. The molecular formula is C19H28N3O3S+. The Morgan fingerprint density at radius 1 is 1.23 bits per heavy atom. The zero-order valence-electron chi connectivity index (χ0n) is 15.6. The molecule has 1 atom stereocenters. The van der Waals surface area contributed by atoms with Gasteiger partial charge in [0.1, 0.15) is 5.25 Å². The zero-order valence-corrected chi connectivity index (χ0v) is 16.4. The van der Waals surface area contributed by atoms with Crippen molar-refractivity contribution in [2.75, 3.05) is 63.6 Å². The van der Waals surface area contributed by atoms with Crippen LogP contribution >= 0.6 is 11.8 Å². The molecule has 7 heteroatoms. The molecule has 1 aromatic rings. The summed E-state index contributed by atoms with van der Waals surface area (Å²) in [5, 5.41) is -0.245. The van der Waals surface area contributed by atoms with Gasteiger partial charge in [0.15, 0.2) is 6.54 Å². The van der Waals surface area contributed by atoms with Gasteiger partial charge in [0, 0.05) is 24.5 Å². The lowest BCUT2D eigenvalue weighted by Crippen LogP contribution is -3.16. The number of ether oxygens (including phenoxy) is 1. The largest absolute Gasteiger partial charge is 0.468 e. The van der Waals surface area contributed by atoms with Crippen LogP contribution in [0.2, 0.25) is 0 Å². The molecule has 2 aliphatic heterocycles. The maximum Gasteiger partial charge on any atom is 0.320 e. The van der Waals surface area contributed by atoms with Crippen LogP contribution in [-0.4, -0.2) is 80.7 Å². The number of carbonyl (C=O) groups excluding carboxylic acids is 2. The molecule has 0 radical (unpaired) electrons. The minimum Gasteiger partial charge on any atom is -0.468 e. The van der Waals surface area contributed by atoms with Crippen molar-refractivity contribution < 1.29 is 19.2 Å². The first-order chi connectivity index (χ1) is 12.6. The van der Waals surface area contributed by atoms with Gasteiger partial charge < -0.3 is 19.4 Å². The van der Waals surface area contributed by atoms with E-state index in [-0.39, 0.29) is 17.1 Å². The monoisotopic (exact) mass is 378 g/mol. The first-order valence-electron chi connectivity index (χ1n) is 9.20. The van der Waals surface area contributed by atoms with Gasteiger partial charge in [-0.1, -0.05) is 18.2 Å². The Hall–Kier alpha value is -1.73. The highest BCUT2D eigenvalue weighted by Gasteiger charge is 2.32. The van der Waals surface area contributed by atoms with E-state index in [9.17, 15) is 9.59 Å². The van der Waals surface area contributed by atoms with Crippen LogP contribution in [0.15, 0.2) is 24.3 Å². The Morgan fingerprint density at radius 2 is 1.96 bits per heavy atom.